The molecule has 3 rings (SSSR count). The summed E-state index contributed by atoms with van der Waals surface area (Å²) in [4.78, 5) is 4.42. The minimum atomic E-state index is -3.08. The van der Waals surface area contributed by atoms with Gasteiger partial charge in [-0.25, -0.2) is 12.7 Å². The van der Waals surface area contributed by atoms with E-state index < -0.39 is 10.0 Å². The zero-order chi connectivity index (χ0) is 17.2. The Kier molecular flexibility index (Phi) is 5.42. The van der Waals surface area contributed by atoms with Crippen LogP contribution in [0, 0.1) is 0 Å². The Hall–Kier alpha value is -1.18. The van der Waals surface area contributed by atoms with Gasteiger partial charge < -0.3 is 5.32 Å². The van der Waals surface area contributed by atoms with Crippen molar-refractivity contribution >= 4 is 42.5 Å². The van der Waals surface area contributed by atoms with E-state index in [1.165, 1.54) is 0 Å². The highest BCUT2D eigenvalue weighted by Crippen LogP contribution is 2.29. The molecule has 1 saturated heterocycles. The van der Waals surface area contributed by atoms with Gasteiger partial charge in [-0.1, -0.05) is 19.1 Å². The molecule has 24 heavy (non-hydrogen) atoms. The number of para-hydroxylation sites is 1. The number of aromatic nitrogens is 1. The molecule has 0 amide bonds. The van der Waals surface area contributed by atoms with E-state index in [0.29, 0.717) is 19.5 Å². The summed E-state index contributed by atoms with van der Waals surface area (Å²) in [6.07, 6.45) is 4.11. The number of pyridine rings is 1. The third-order valence-corrected chi connectivity index (χ3v) is 7.11. The van der Waals surface area contributed by atoms with Crippen molar-refractivity contribution in [3.05, 3.63) is 34.9 Å². The van der Waals surface area contributed by atoms with Crippen LogP contribution in [0.25, 0.3) is 10.9 Å². The molecular weight excluding hydrogens is 390 g/mol. The van der Waals surface area contributed by atoms with Crippen LogP contribution in [0.5, 0.6) is 0 Å². The van der Waals surface area contributed by atoms with Crippen LogP contribution in [-0.4, -0.2) is 42.6 Å². The smallest absolute Gasteiger partial charge is 0.214 e. The van der Waals surface area contributed by atoms with Crippen LogP contribution >= 0.6 is 15.9 Å². The first kappa shape index (κ1) is 17.6. The molecule has 1 aromatic heterocycles. The van der Waals surface area contributed by atoms with Gasteiger partial charge >= 0.3 is 0 Å². The van der Waals surface area contributed by atoms with Gasteiger partial charge in [0.05, 0.1) is 11.3 Å². The highest BCUT2D eigenvalue weighted by molar-refractivity contribution is 9.10. The summed E-state index contributed by atoms with van der Waals surface area (Å²) >= 11 is 3.54. The number of nitrogens with one attached hydrogen (secondary N) is 1. The van der Waals surface area contributed by atoms with Gasteiger partial charge in [-0.2, -0.15) is 0 Å². The largest absolute Gasteiger partial charge is 0.382 e. The number of fused-ring (bicyclic) bond motifs is 1. The molecule has 0 radical (unpaired) electrons. The fraction of sp³-hybridized carbons (Fsp3) is 0.471. The molecule has 0 bridgehead atoms. The van der Waals surface area contributed by atoms with Crippen molar-refractivity contribution in [2.45, 2.75) is 32.2 Å². The quantitative estimate of drug-likeness (QED) is 0.815. The second kappa shape index (κ2) is 7.37. The van der Waals surface area contributed by atoms with Crippen molar-refractivity contribution in [3.8, 4) is 0 Å². The SMILES string of the molecule is CCCS(=O)(=O)N1CCC(Nc2ccnc3c(Br)cccc23)CC1. The van der Waals surface area contributed by atoms with E-state index in [1.54, 1.807) is 10.5 Å². The van der Waals surface area contributed by atoms with E-state index >= 15 is 0 Å². The van der Waals surface area contributed by atoms with Crippen LogP contribution in [0.2, 0.25) is 0 Å². The van der Waals surface area contributed by atoms with E-state index in [4.69, 9.17) is 0 Å². The molecule has 1 fully saturated rings. The summed E-state index contributed by atoms with van der Waals surface area (Å²) in [6.45, 7) is 3.08. The van der Waals surface area contributed by atoms with E-state index in [1.807, 2.05) is 25.1 Å². The molecular formula is C17H22BrN3O2S. The number of hydrogen-bond acceptors (Lipinski definition) is 4. The first-order valence-corrected chi connectivity index (χ1v) is 10.7. The van der Waals surface area contributed by atoms with Crippen LogP contribution in [0.1, 0.15) is 26.2 Å². The van der Waals surface area contributed by atoms with E-state index in [2.05, 4.69) is 32.3 Å². The molecule has 1 aromatic carbocycles. The van der Waals surface area contributed by atoms with Gasteiger partial charge in [0.25, 0.3) is 0 Å². The molecule has 5 nitrogen and oxygen atoms in total. The number of rotatable bonds is 5. The molecule has 7 heteroatoms. The Morgan fingerprint density at radius 2 is 2.04 bits per heavy atom. The Bertz CT molecular complexity index is 818. The van der Waals surface area contributed by atoms with Crippen molar-refractivity contribution in [1.82, 2.24) is 9.29 Å². The van der Waals surface area contributed by atoms with Crippen LogP contribution in [0.3, 0.4) is 0 Å². The van der Waals surface area contributed by atoms with Gasteiger partial charge in [0, 0.05) is 40.9 Å². The predicted octanol–water partition coefficient (Wildman–Crippen LogP) is 3.61. The molecule has 2 aromatic rings. The van der Waals surface area contributed by atoms with Crippen molar-refractivity contribution < 1.29 is 8.42 Å². The normalized spacial score (nSPS) is 17.2. The third-order valence-electron chi connectivity index (χ3n) is 4.39. The first-order valence-electron chi connectivity index (χ1n) is 8.29. The number of hydrogen-bond donors (Lipinski definition) is 1. The van der Waals surface area contributed by atoms with Gasteiger partial charge in [0.2, 0.25) is 10.0 Å². The van der Waals surface area contributed by atoms with Crippen LogP contribution in [0.4, 0.5) is 5.69 Å². The molecule has 0 saturated carbocycles. The lowest BCUT2D eigenvalue weighted by atomic mass is 10.1. The molecule has 1 aliphatic heterocycles. The lowest BCUT2D eigenvalue weighted by Gasteiger charge is -2.32. The second-order valence-corrected chi connectivity index (χ2v) is 9.07. The van der Waals surface area contributed by atoms with E-state index in [0.717, 1.165) is 33.9 Å². The number of piperidine rings is 1. The van der Waals surface area contributed by atoms with E-state index in [-0.39, 0.29) is 11.8 Å². The van der Waals surface area contributed by atoms with Crippen LogP contribution in [0.15, 0.2) is 34.9 Å². The number of halogens is 1. The Labute approximate surface area is 151 Å². The third kappa shape index (κ3) is 3.73. The molecule has 1 aliphatic rings. The summed E-state index contributed by atoms with van der Waals surface area (Å²) in [5.41, 5.74) is 1.99. The lowest BCUT2D eigenvalue weighted by Crippen LogP contribution is -2.43. The highest BCUT2D eigenvalue weighted by Gasteiger charge is 2.27. The second-order valence-electron chi connectivity index (χ2n) is 6.13. The Morgan fingerprint density at radius 3 is 2.75 bits per heavy atom. The number of benzene rings is 1. The topological polar surface area (TPSA) is 62.3 Å². The lowest BCUT2D eigenvalue weighted by molar-refractivity contribution is 0.329. The molecule has 1 N–H and O–H groups in total. The van der Waals surface area contributed by atoms with Crippen molar-refractivity contribution in [1.29, 1.82) is 0 Å². The molecule has 0 spiro atoms. The highest BCUT2D eigenvalue weighted by atomic mass is 79.9. The first-order chi connectivity index (χ1) is 11.5. The van der Waals surface area contributed by atoms with Gasteiger partial charge in [-0.15, -0.1) is 0 Å². The maximum atomic E-state index is 12.2. The molecule has 130 valence electrons. The van der Waals surface area contributed by atoms with Crippen molar-refractivity contribution in [3.63, 3.8) is 0 Å². The van der Waals surface area contributed by atoms with Gasteiger partial charge in [0.15, 0.2) is 0 Å². The monoisotopic (exact) mass is 411 g/mol. The van der Waals surface area contributed by atoms with Crippen molar-refractivity contribution in [2.75, 3.05) is 24.2 Å². The average molecular weight is 412 g/mol. The zero-order valence-corrected chi connectivity index (χ0v) is 16.1. The average Bonchev–Trinajstić information content (AvgIpc) is 2.56. The maximum Gasteiger partial charge on any atom is 0.214 e. The van der Waals surface area contributed by atoms with Gasteiger partial charge in [-0.05, 0) is 47.3 Å². The Balaban J connectivity index is 1.70. The predicted molar refractivity (Wildman–Crippen MR) is 102 cm³/mol. The van der Waals surface area contributed by atoms with Crippen LogP contribution < -0.4 is 5.32 Å². The standard InChI is InChI=1S/C17H22BrN3O2S/c1-2-12-24(22,23)21-10-7-13(8-11-21)20-16-6-9-19-17-14(16)4-3-5-15(17)18/h3-6,9,13H,2,7-8,10-12H2,1H3,(H,19,20). The zero-order valence-electron chi connectivity index (χ0n) is 13.7. The molecule has 0 unspecified atom stereocenters. The fourth-order valence-electron chi connectivity index (χ4n) is 3.15. The molecule has 0 aliphatic carbocycles. The van der Waals surface area contributed by atoms with Gasteiger partial charge in [-0.3, -0.25) is 4.98 Å². The van der Waals surface area contributed by atoms with Crippen LogP contribution in [-0.2, 0) is 10.0 Å². The summed E-state index contributed by atoms with van der Waals surface area (Å²) < 4.78 is 26.9. The fourth-order valence-corrected chi connectivity index (χ4v) is 5.16. The summed E-state index contributed by atoms with van der Waals surface area (Å²) in [6, 6.07) is 8.29. The number of anilines is 1. The van der Waals surface area contributed by atoms with E-state index in [9.17, 15) is 8.42 Å². The van der Waals surface area contributed by atoms with Gasteiger partial charge in [0.1, 0.15) is 0 Å². The van der Waals surface area contributed by atoms with Crippen molar-refractivity contribution in [2.24, 2.45) is 0 Å². The molecule has 0 atom stereocenters. The summed E-state index contributed by atoms with van der Waals surface area (Å²) in [5, 5.41) is 4.65. The summed E-state index contributed by atoms with van der Waals surface area (Å²) in [5.74, 6) is 0.244. The minimum Gasteiger partial charge on any atom is -0.382 e. The molecule has 2 heterocycles. The summed E-state index contributed by atoms with van der Waals surface area (Å²) in [7, 11) is -3.08. The Morgan fingerprint density at radius 1 is 1.29 bits per heavy atom. The maximum absolute atomic E-state index is 12.2. The number of sulfonamides is 1. The minimum absolute atomic E-state index is 0.244. The number of nitrogens with zero attached hydrogens (tertiary/aromatic N) is 2.